The number of hydrogen-bond acceptors (Lipinski definition) is 4. The highest BCUT2D eigenvalue weighted by Crippen LogP contribution is 2.25. The second-order valence-corrected chi connectivity index (χ2v) is 5.96. The number of rotatable bonds is 10. The van der Waals surface area contributed by atoms with Gasteiger partial charge in [0.15, 0.2) is 0 Å². The van der Waals surface area contributed by atoms with Gasteiger partial charge in [-0.3, -0.25) is 4.79 Å². The van der Waals surface area contributed by atoms with Gasteiger partial charge in [0.05, 0.1) is 12.5 Å². The number of likely N-dealkylation sites (N-methyl/N-ethyl adjacent to an activating group) is 1. The number of carbonyl (C=O) groups excluding carboxylic acids is 2. The number of para-hydroxylation sites is 1. The number of amides is 3. The maximum absolute atomic E-state index is 12.2. The highest BCUT2D eigenvalue weighted by atomic mass is 16.5. The van der Waals surface area contributed by atoms with Crippen LogP contribution in [-0.2, 0) is 4.79 Å². The number of nitrogens with one attached hydrogen (secondary N) is 3. The molecule has 2 aromatic carbocycles. The van der Waals surface area contributed by atoms with E-state index in [0.29, 0.717) is 24.6 Å². The third-order valence-corrected chi connectivity index (χ3v) is 3.82. The summed E-state index contributed by atoms with van der Waals surface area (Å²) >= 11 is 0. The summed E-state index contributed by atoms with van der Waals surface area (Å²) in [7, 11) is 0. The van der Waals surface area contributed by atoms with Gasteiger partial charge >= 0.3 is 6.03 Å². The molecule has 0 aliphatic carbocycles. The summed E-state index contributed by atoms with van der Waals surface area (Å²) in [5.74, 6) is 1.15. The first-order valence-electron chi connectivity index (χ1n) is 8.94. The normalized spacial score (nSPS) is 11.4. The van der Waals surface area contributed by atoms with Crippen molar-refractivity contribution in [3.05, 3.63) is 60.2 Å². The highest BCUT2D eigenvalue weighted by Gasteiger charge is 2.18. The van der Waals surface area contributed by atoms with E-state index in [1.165, 1.54) is 0 Å². The van der Waals surface area contributed by atoms with Crippen molar-refractivity contribution in [1.29, 1.82) is 0 Å². The lowest BCUT2D eigenvalue weighted by atomic mass is 10.0. The molecule has 0 saturated heterocycles. The van der Waals surface area contributed by atoms with Crippen LogP contribution in [0.15, 0.2) is 54.6 Å². The number of ether oxygens (including phenoxy) is 1. The quantitative estimate of drug-likeness (QED) is 0.482. The molecule has 0 aromatic heterocycles. The van der Waals surface area contributed by atoms with E-state index in [9.17, 15) is 9.59 Å². The van der Waals surface area contributed by atoms with Crippen LogP contribution in [0.1, 0.15) is 24.9 Å². The van der Waals surface area contributed by atoms with Gasteiger partial charge in [0.2, 0.25) is 5.91 Å². The molecule has 0 heterocycles. The molecule has 3 amide bonds. The Labute approximate surface area is 159 Å². The molecule has 2 rings (SSSR count). The number of carbonyl (C=O) groups is 2. The average molecular weight is 370 g/mol. The molecule has 0 aliphatic rings. The third kappa shape index (κ3) is 7.37. The van der Waals surface area contributed by atoms with Crippen LogP contribution in [0.5, 0.6) is 11.5 Å². The van der Waals surface area contributed by atoms with Gasteiger partial charge in [-0.1, -0.05) is 37.3 Å². The smallest absolute Gasteiger partial charge is 0.312 e. The van der Waals surface area contributed by atoms with Crippen molar-refractivity contribution < 1.29 is 14.3 Å². The molecular formula is C20H26N4O3. The van der Waals surface area contributed by atoms with Crippen LogP contribution < -0.4 is 26.4 Å². The Morgan fingerprint density at radius 3 is 2.48 bits per heavy atom. The van der Waals surface area contributed by atoms with Crippen LogP contribution in [0.25, 0.3) is 0 Å². The first-order chi connectivity index (χ1) is 13.1. The van der Waals surface area contributed by atoms with E-state index in [4.69, 9.17) is 10.5 Å². The zero-order valence-electron chi connectivity index (χ0n) is 15.4. The Morgan fingerprint density at radius 1 is 1.04 bits per heavy atom. The van der Waals surface area contributed by atoms with E-state index in [-0.39, 0.29) is 12.3 Å². The number of benzene rings is 2. The summed E-state index contributed by atoms with van der Waals surface area (Å²) in [6.07, 6.45) is 0.0872. The van der Waals surface area contributed by atoms with E-state index >= 15 is 0 Å². The lowest BCUT2D eigenvalue weighted by molar-refractivity contribution is -0.121. The molecule has 0 radical (unpaired) electrons. The highest BCUT2D eigenvalue weighted by molar-refractivity contribution is 5.78. The lowest BCUT2D eigenvalue weighted by Crippen LogP contribution is -2.38. The molecular weight excluding hydrogens is 344 g/mol. The largest absolute Gasteiger partial charge is 0.457 e. The van der Waals surface area contributed by atoms with E-state index in [2.05, 4.69) is 16.0 Å². The van der Waals surface area contributed by atoms with Gasteiger partial charge in [-0.05, 0) is 36.4 Å². The van der Waals surface area contributed by atoms with Gasteiger partial charge < -0.3 is 26.4 Å². The minimum atomic E-state index is -0.685. The van der Waals surface area contributed by atoms with Crippen molar-refractivity contribution in [2.24, 2.45) is 5.73 Å². The second kappa shape index (κ2) is 10.8. The molecule has 0 fully saturated rings. The fourth-order valence-electron chi connectivity index (χ4n) is 2.57. The van der Waals surface area contributed by atoms with Gasteiger partial charge in [-0.2, -0.15) is 0 Å². The van der Waals surface area contributed by atoms with Gasteiger partial charge in [-0.15, -0.1) is 0 Å². The van der Waals surface area contributed by atoms with Gasteiger partial charge in [-0.25, -0.2) is 4.79 Å². The lowest BCUT2D eigenvalue weighted by Gasteiger charge is -2.18. The van der Waals surface area contributed by atoms with Gasteiger partial charge in [0, 0.05) is 13.1 Å². The standard InChI is InChI=1S/C20H26N4O3/c1-2-22-11-12-23-19(25)14-18(24-20(21)26)15-7-6-10-17(13-15)27-16-8-4-3-5-9-16/h3-10,13,18,22H,2,11-12,14H2,1H3,(H,23,25)(H3,21,24,26). The molecule has 5 N–H and O–H groups in total. The van der Waals surface area contributed by atoms with Crippen molar-refractivity contribution in [3.63, 3.8) is 0 Å². The van der Waals surface area contributed by atoms with E-state index < -0.39 is 12.1 Å². The van der Waals surface area contributed by atoms with Crippen LogP contribution in [-0.4, -0.2) is 31.6 Å². The first kappa shape index (κ1) is 20.3. The van der Waals surface area contributed by atoms with Gasteiger partial charge in [0.1, 0.15) is 11.5 Å². The Balaban J connectivity index is 2.05. The van der Waals surface area contributed by atoms with E-state index in [1.54, 1.807) is 6.07 Å². The SMILES string of the molecule is CCNCCNC(=O)CC(NC(N)=O)c1cccc(Oc2ccccc2)c1. The summed E-state index contributed by atoms with van der Waals surface area (Å²) in [6.45, 7) is 4.05. The Hall–Kier alpha value is -3.06. The molecule has 1 atom stereocenters. The number of primary amides is 1. The van der Waals surface area contributed by atoms with Crippen molar-refractivity contribution >= 4 is 11.9 Å². The molecule has 2 aromatic rings. The summed E-state index contributed by atoms with van der Waals surface area (Å²) in [5, 5.41) is 8.58. The Morgan fingerprint density at radius 2 is 1.78 bits per heavy atom. The molecule has 7 nitrogen and oxygen atoms in total. The van der Waals surface area contributed by atoms with E-state index in [0.717, 1.165) is 12.1 Å². The average Bonchev–Trinajstić information content (AvgIpc) is 2.65. The Bertz CT molecular complexity index is 737. The summed E-state index contributed by atoms with van der Waals surface area (Å²) < 4.78 is 5.82. The third-order valence-electron chi connectivity index (χ3n) is 3.82. The summed E-state index contributed by atoms with van der Waals surface area (Å²) in [6, 6.07) is 15.4. The molecule has 7 heteroatoms. The van der Waals surface area contributed by atoms with E-state index in [1.807, 2.05) is 55.5 Å². The second-order valence-electron chi connectivity index (χ2n) is 5.96. The van der Waals surface area contributed by atoms with Crippen LogP contribution in [0, 0.1) is 0 Å². The van der Waals surface area contributed by atoms with Crippen molar-refractivity contribution in [2.75, 3.05) is 19.6 Å². The Kier molecular flexibility index (Phi) is 8.12. The van der Waals surface area contributed by atoms with Crippen LogP contribution in [0.2, 0.25) is 0 Å². The molecule has 0 saturated carbocycles. The predicted octanol–water partition coefficient (Wildman–Crippen LogP) is 2.30. The minimum Gasteiger partial charge on any atom is -0.457 e. The molecule has 0 spiro atoms. The zero-order valence-corrected chi connectivity index (χ0v) is 15.4. The molecule has 0 aliphatic heterocycles. The first-order valence-corrected chi connectivity index (χ1v) is 8.94. The molecule has 1 unspecified atom stereocenters. The number of urea groups is 1. The summed E-state index contributed by atoms with van der Waals surface area (Å²) in [5.41, 5.74) is 6.02. The monoisotopic (exact) mass is 370 g/mol. The van der Waals surface area contributed by atoms with Gasteiger partial charge in [0.25, 0.3) is 0 Å². The van der Waals surface area contributed by atoms with Crippen molar-refractivity contribution in [3.8, 4) is 11.5 Å². The minimum absolute atomic E-state index is 0.0872. The number of hydrogen-bond donors (Lipinski definition) is 4. The van der Waals surface area contributed by atoms with Crippen LogP contribution >= 0.6 is 0 Å². The predicted molar refractivity (Wildman–Crippen MR) is 105 cm³/mol. The zero-order chi connectivity index (χ0) is 19.5. The number of nitrogens with two attached hydrogens (primary N) is 1. The maximum Gasteiger partial charge on any atom is 0.312 e. The molecule has 144 valence electrons. The molecule has 27 heavy (non-hydrogen) atoms. The van der Waals surface area contributed by atoms with Crippen LogP contribution in [0.3, 0.4) is 0 Å². The fraction of sp³-hybridized carbons (Fsp3) is 0.300. The fourth-order valence-corrected chi connectivity index (χ4v) is 2.57. The molecule has 0 bridgehead atoms. The van der Waals surface area contributed by atoms with Crippen LogP contribution in [0.4, 0.5) is 4.79 Å². The van der Waals surface area contributed by atoms with Crippen molar-refractivity contribution in [2.45, 2.75) is 19.4 Å². The van der Waals surface area contributed by atoms with Crippen molar-refractivity contribution in [1.82, 2.24) is 16.0 Å². The maximum atomic E-state index is 12.2. The summed E-state index contributed by atoms with van der Waals surface area (Å²) in [4.78, 5) is 23.6. The topological polar surface area (TPSA) is 105 Å².